The first kappa shape index (κ1) is 15.9. The molecule has 0 saturated heterocycles. The lowest BCUT2D eigenvalue weighted by Crippen LogP contribution is -2.28. The lowest BCUT2D eigenvalue weighted by molar-refractivity contribution is 0.205. The molecule has 19 heavy (non-hydrogen) atoms. The standard InChI is InChI=1S/C15H27N3O/c1-6-18(7-8-19-5)15-10-14(9-13(4)17-15)11-16-12(2)3/h9-10,12,16H,6-8,11H2,1-5H3. The third-order valence-electron chi connectivity index (χ3n) is 2.99. The molecule has 1 aromatic rings. The number of aromatic nitrogens is 1. The predicted molar refractivity (Wildman–Crippen MR) is 80.7 cm³/mol. The highest BCUT2D eigenvalue weighted by molar-refractivity contribution is 5.42. The van der Waals surface area contributed by atoms with Crippen LogP contribution in [0, 0.1) is 6.92 Å². The first-order chi connectivity index (χ1) is 9.06. The molecule has 4 nitrogen and oxygen atoms in total. The van der Waals surface area contributed by atoms with Gasteiger partial charge in [-0.2, -0.15) is 0 Å². The molecule has 0 saturated carbocycles. The minimum absolute atomic E-state index is 0.493. The summed E-state index contributed by atoms with van der Waals surface area (Å²) < 4.78 is 5.15. The van der Waals surface area contributed by atoms with Gasteiger partial charge in [0.2, 0.25) is 0 Å². The van der Waals surface area contributed by atoms with Gasteiger partial charge in [-0.1, -0.05) is 13.8 Å². The number of pyridine rings is 1. The van der Waals surface area contributed by atoms with Gasteiger partial charge in [0.1, 0.15) is 5.82 Å². The van der Waals surface area contributed by atoms with E-state index >= 15 is 0 Å². The molecular formula is C15H27N3O. The summed E-state index contributed by atoms with van der Waals surface area (Å²) >= 11 is 0. The van der Waals surface area contributed by atoms with Gasteiger partial charge in [-0.25, -0.2) is 4.98 Å². The molecular weight excluding hydrogens is 238 g/mol. The summed E-state index contributed by atoms with van der Waals surface area (Å²) in [5.41, 5.74) is 2.35. The van der Waals surface area contributed by atoms with Crippen LogP contribution in [-0.4, -0.2) is 37.8 Å². The number of ether oxygens (including phenoxy) is 1. The van der Waals surface area contributed by atoms with Crippen molar-refractivity contribution < 1.29 is 4.74 Å². The molecule has 1 rings (SSSR count). The van der Waals surface area contributed by atoms with E-state index in [0.29, 0.717) is 6.04 Å². The van der Waals surface area contributed by atoms with Crippen LogP contribution >= 0.6 is 0 Å². The highest BCUT2D eigenvalue weighted by Crippen LogP contribution is 2.15. The lowest BCUT2D eigenvalue weighted by atomic mass is 10.2. The van der Waals surface area contributed by atoms with Crippen molar-refractivity contribution in [2.24, 2.45) is 0 Å². The molecule has 0 atom stereocenters. The van der Waals surface area contributed by atoms with Crippen molar-refractivity contribution in [3.05, 3.63) is 23.4 Å². The van der Waals surface area contributed by atoms with Crippen molar-refractivity contribution in [2.75, 3.05) is 31.7 Å². The van der Waals surface area contributed by atoms with Crippen LogP contribution in [-0.2, 0) is 11.3 Å². The molecule has 108 valence electrons. The number of methoxy groups -OCH3 is 1. The average molecular weight is 265 g/mol. The van der Waals surface area contributed by atoms with Gasteiger partial charge in [0, 0.05) is 38.5 Å². The molecule has 0 unspecified atom stereocenters. The normalized spacial score (nSPS) is 11.1. The molecule has 4 heteroatoms. The van der Waals surface area contributed by atoms with E-state index in [1.165, 1.54) is 5.56 Å². The molecule has 0 amide bonds. The smallest absolute Gasteiger partial charge is 0.129 e. The third-order valence-corrected chi connectivity index (χ3v) is 2.99. The number of aryl methyl sites for hydroxylation is 1. The Morgan fingerprint density at radius 3 is 2.68 bits per heavy atom. The maximum absolute atomic E-state index is 5.15. The SMILES string of the molecule is CCN(CCOC)c1cc(CNC(C)C)cc(C)n1. The third kappa shape index (κ3) is 5.57. The summed E-state index contributed by atoms with van der Waals surface area (Å²) in [6, 6.07) is 4.80. The van der Waals surface area contributed by atoms with Crippen LogP contribution in [0.5, 0.6) is 0 Å². The quantitative estimate of drug-likeness (QED) is 0.783. The molecule has 0 spiro atoms. The molecule has 0 aliphatic rings. The topological polar surface area (TPSA) is 37.4 Å². The Hall–Kier alpha value is -1.13. The van der Waals surface area contributed by atoms with Crippen LogP contribution in [0.2, 0.25) is 0 Å². The summed E-state index contributed by atoms with van der Waals surface area (Å²) in [4.78, 5) is 6.87. The second kappa shape index (κ2) is 8.12. The number of hydrogen-bond acceptors (Lipinski definition) is 4. The Bertz CT molecular complexity index is 380. The second-order valence-corrected chi connectivity index (χ2v) is 5.08. The van der Waals surface area contributed by atoms with Crippen molar-refractivity contribution in [1.29, 1.82) is 0 Å². The van der Waals surface area contributed by atoms with E-state index in [1.807, 2.05) is 6.92 Å². The summed E-state index contributed by atoms with van der Waals surface area (Å²) in [5.74, 6) is 1.04. The van der Waals surface area contributed by atoms with E-state index in [2.05, 4.69) is 48.1 Å². The summed E-state index contributed by atoms with van der Waals surface area (Å²) in [5, 5.41) is 3.45. The van der Waals surface area contributed by atoms with Crippen molar-refractivity contribution in [2.45, 2.75) is 40.3 Å². The maximum Gasteiger partial charge on any atom is 0.129 e. The van der Waals surface area contributed by atoms with Gasteiger partial charge in [0.05, 0.1) is 6.61 Å². The highest BCUT2D eigenvalue weighted by atomic mass is 16.5. The van der Waals surface area contributed by atoms with Crippen LogP contribution in [0.4, 0.5) is 5.82 Å². The fourth-order valence-corrected chi connectivity index (χ4v) is 1.94. The van der Waals surface area contributed by atoms with Crippen LogP contribution in [0.15, 0.2) is 12.1 Å². The lowest BCUT2D eigenvalue weighted by Gasteiger charge is -2.22. The number of nitrogens with one attached hydrogen (secondary N) is 1. The Labute approximate surface area is 117 Å². The Kier molecular flexibility index (Phi) is 6.81. The zero-order valence-electron chi connectivity index (χ0n) is 12.9. The van der Waals surface area contributed by atoms with Crippen molar-refractivity contribution >= 4 is 5.82 Å². The molecule has 0 bridgehead atoms. The summed E-state index contributed by atoms with van der Waals surface area (Å²) in [6.07, 6.45) is 0. The fraction of sp³-hybridized carbons (Fsp3) is 0.667. The van der Waals surface area contributed by atoms with E-state index in [0.717, 1.165) is 37.8 Å². The molecule has 0 fully saturated rings. The van der Waals surface area contributed by atoms with Gasteiger partial charge in [-0.3, -0.25) is 0 Å². The van der Waals surface area contributed by atoms with E-state index in [4.69, 9.17) is 4.74 Å². The van der Waals surface area contributed by atoms with E-state index in [1.54, 1.807) is 7.11 Å². The second-order valence-electron chi connectivity index (χ2n) is 5.08. The Morgan fingerprint density at radius 1 is 1.37 bits per heavy atom. The van der Waals surface area contributed by atoms with Gasteiger partial charge >= 0.3 is 0 Å². The van der Waals surface area contributed by atoms with Gasteiger partial charge in [-0.15, -0.1) is 0 Å². The highest BCUT2D eigenvalue weighted by Gasteiger charge is 2.08. The van der Waals surface area contributed by atoms with Gasteiger partial charge in [0.25, 0.3) is 0 Å². The van der Waals surface area contributed by atoms with E-state index in [-0.39, 0.29) is 0 Å². The van der Waals surface area contributed by atoms with Crippen LogP contribution < -0.4 is 10.2 Å². The first-order valence-electron chi connectivity index (χ1n) is 7.01. The maximum atomic E-state index is 5.15. The predicted octanol–water partition coefficient (Wildman–Crippen LogP) is 2.36. The minimum atomic E-state index is 0.493. The van der Waals surface area contributed by atoms with E-state index in [9.17, 15) is 0 Å². The number of nitrogens with zero attached hydrogens (tertiary/aromatic N) is 2. The number of rotatable bonds is 8. The number of anilines is 1. The minimum Gasteiger partial charge on any atom is -0.383 e. The molecule has 1 N–H and O–H groups in total. The molecule has 1 heterocycles. The van der Waals surface area contributed by atoms with Gasteiger partial charge < -0.3 is 15.0 Å². The molecule has 0 aliphatic heterocycles. The van der Waals surface area contributed by atoms with Crippen molar-refractivity contribution in [3.63, 3.8) is 0 Å². The largest absolute Gasteiger partial charge is 0.383 e. The first-order valence-corrected chi connectivity index (χ1v) is 7.01. The van der Waals surface area contributed by atoms with Gasteiger partial charge in [-0.05, 0) is 31.5 Å². The average Bonchev–Trinajstić information content (AvgIpc) is 2.37. The summed E-state index contributed by atoms with van der Waals surface area (Å²) in [7, 11) is 1.73. The zero-order valence-corrected chi connectivity index (χ0v) is 12.9. The molecule has 0 aromatic carbocycles. The molecule has 1 aromatic heterocycles. The van der Waals surface area contributed by atoms with Crippen LogP contribution in [0.25, 0.3) is 0 Å². The fourth-order valence-electron chi connectivity index (χ4n) is 1.94. The van der Waals surface area contributed by atoms with Crippen LogP contribution in [0.3, 0.4) is 0 Å². The zero-order chi connectivity index (χ0) is 14.3. The Balaban J connectivity index is 2.81. The monoisotopic (exact) mass is 265 g/mol. The van der Waals surface area contributed by atoms with Crippen LogP contribution in [0.1, 0.15) is 32.0 Å². The summed E-state index contributed by atoms with van der Waals surface area (Å²) in [6.45, 7) is 11.9. The van der Waals surface area contributed by atoms with Gasteiger partial charge in [0.15, 0.2) is 0 Å². The Morgan fingerprint density at radius 2 is 2.11 bits per heavy atom. The van der Waals surface area contributed by atoms with Crippen molar-refractivity contribution in [3.8, 4) is 0 Å². The number of hydrogen-bond donors (Lipinski definition) is 1. The molecule has 0 radical (unpaired) electrons. The number of likely N-dealkylation sites (N-methyl/N-ethyl adjacent to an activating group) is 1. The van der Waals surface area contributed by atoms with Crippen molar-refractivity contribution in [1.82, 2.24) is 10.3 Å². The molecule has 0 aliphatic carbocycles. The van der Waals surface area contributed by atoms with E-state index < -0.39 is 0 Å².